The third-order valence-corrected chi connectivity index (χ3v) is 6.09. The summed E-state index contributed by atoms with van der Waals surface area (Å²) in [5, 5.41) is 11.1. The van der Waals surface area contributed by atoms with Crippen LogP contribution in [0.25, 0.3) is 11.0 Å². The summed E-state index contributed by atoms with van der Waals surface area (Å²) in [5.41, 5.74) is -1.94. The Bertz CT molecular complexity index is 1280. The van der Waals surface area contributed by atoms with Gasteiger partial charge in [-0.25, -0.2) is 14.8 Å². The van der Waals surface area contributed by atoms with E-state index in [9.17, 15) is 41.0 Å². The van der Waals surface area contributed by atoms with Gasteiger partial charge in [0.1, 0.15) is 11.1 Å². The van der Waals surface area contributed by atoms with Crippen LogP contribution in [-0.4, -0.2) is 37.6 Å². The molecule has 0 aliphatic carbocycles. The summed E-state index contributed by atoms with van der Waals surface area (Å²) in [7, 11) is 0. The minimum atomic E-state index is -4.68. The van der Waals surface area contributed by atoms with Gasteiger partial charge in [-0.1, -0.05) is 11.6 Å². The molecule has 0 saturated heterocycles. The molecular weight excluding hydrogens is 526 g/mol. The first kappa shape index (κ1) is 26.6. The highest BCUT2D eigenvalue weighted by atomic mass is 35.5. The van der Waals surface area contributed by atoms with Crippen molar-refractivity contribution in [2.75, 3.05) is 0 Å². The number of pyridine rings is 1. The Hall–Kier alpha value is -3.00. The van der Waals surface area contributed by atoms with Crippen LogP contribution in [0.1, 0.15) is 24.5 Å². The van der Waals surface area contributed by atoms with Gasteiger partial charge < -0.3 is 15.0 Å². The van der Waals surface area contributed by atoms with E-state index in [4.69, 9.17) is 11.6 Å². The van der Waals surface area contributed by atoms with Gasteiger partial charge in [0.25, 0.3) is 0 Å². The number of nitrogens with zero attached hydrogens (tertiary/aromatic N) is 3. The van der Waals surface area contributed by atoms with Gasteiger partial charge in [0.05, 0.1) is 27.2 Å². The van der Waals surface area contributed by atoms with Crippen molar-refractivity contribution in [1.82, 2.24) is 19.9 Å². The first-order chi connectivity index (χ1) is 16.2. The standard InChI is InChI=1S/C20H15ClF6N4O3S/c1-9(32)29-13(17(33)34)4-5-31-15-3-2-10(19(22,23)24)7-14(15)30-18(31)35-16-12(21)6-11(8-28-16)20(25,26)27/h2-3,6-8,13H,4-5H2,1H3,(H,29,32)(H,33,34)/t13-/m0/s1. The Morgan fingerprint density at radius 3 is 2.34 bits per heavy atom. The molecule has 0 saturated carbocycles. The number of carbonyl (C=O) groups excluding carboxylic acids is 1. The molecule has 2 aromatic heterocycles. The average molecular weight is 541 g/mol. The highest BCUT2D eigenvalue weighted by Crippen LogP contribution is 2.38. The molecule has 0 aliphatic heterocycles. The number of benzene rings is 1. The molecule has 3 aromatic rings. The zero-order chi connectivity index (χ0) is 26.1. The van der Waals surface area contributed by atoms with Crippen LogP contribution >= 0.6 is 23.4 Å². The number of aryl methyl sites for hydroxylation is 1. The topological polar surface area (TPSA) is 97.1 Å². The lowest BCUT2D eigenvalue weighted by Gasteiger charge is -2.15. The molecule has 188 valence electrons. The number of carbonyl (C=O) groups is 2. The largest absolute Gasteiger partial charge is 0.480 e. The number of aromatic nitrogens is 3. The Morgan fingerprint density at radius 1 is 1.14 bits per heavy atom. The minimum absolute atomic E-state index is 0.0143. The smallest absolute Gasteiger partial charge is 0.417 e. The number of carboxylic acid groups (broad SMARTS) is 1. The van der Waals surface area contributed by atoms with Gasteiger partial charge in [-0.2, -0.15) is 26.3 Å². The van der Waals surface area contributed by atoms with Crippen molar-refractivity contribution in [3.8, 4) is 0 Å². The number of nitrogens with one attached hydrogen (secondary N) is 1. The SMILES string of the molecule is CC(=O)N[C@@H](CCn1c(Sc2ncc(C(F)(F)F)cc2Cl)nc2cc(C(F)(F)F)ccc21)C(=O)O. The quantitative estimate of drug-likeness (QED) is 0.397. The third-order valence-electron chi connectivity index (χ3n) is 4.68. The van der Waals surface area contributed by atoms with Gasteiger partial charge in [0.2, 0.25) is 5.91 Å². The van der Waals surface area contributed by atoms with Crippen LogP contribution in [0, 0.1) is 0 Å². The number of amides is 1. The van der Waals surface area contributed by atoms with Gasteiger partial charge in [0, 0.05) is 19.7 Å². The summed E-state index contributed by atoms with van der Waals surface area (Å²) < 4.78 is 79.6. The number of fused-ring (bicyclic) bond motifs is 1. The van der Waals surface area contributed by atoms with Crippen LogP contribution in [0.4, 0.5) is 26.3 Å². The number of carboxylic acids is 1. The van der Waals surface area contributed by atoms with Crippen LogP contribution in [0.5, 0.6) is 0 Å². The van der Waals surface area contributed by atoms with Crippen LogP contribution in [0.15, 0.2) is 40.6 Å². The maximum absolute atomic E-state index is 13.2. The summed E-state index contributed by atoms with van der Waals surface area (Å²) in [6.45, 7) is 1.01. The first-order valence-electron chi connectivity index (χ1n) is 9.65. The lowest BCUT2D eigenvalue weighted by Crippen LogP contribution is -2.40. The molecular formula is C20H15ClF6N4O3S. The molecule has 0 spiro atoms. The molecule has 3 rings (SSSR count). The Labute approximate surface area is 202 Å². The molecule has 2 N–H and O–H groups in total. The fourth-order valence-electron chi connectivity index (χ4n) is 3.08. The Kier molecular flexibility index (Phi) is 7.55. The number of hydrogen-bond acceptors (Lipinski definition) is 5. The number of rotatable bonds is 7. The summed E-state index contributed by atoms with van der Waals surface area (Å²) in [4.78, 5) is 30.6. The number of aliphatic carboxylic acids is 1. The van der Waals surface area contributed by atoms with Crippen LogP contribution < -0.4 is 5.32 Å². The van der Waals surface area contributed by atoms with Crippen LogP contribution in [0.2, 0.25) is 5.02 Å². The molecule has 35 heavy (non-hydrogen) atoms. The highest BCUT2D eigenvalue weighted by molar-refractivity contribution is 7.99. The molecule has 1 atom stereocenters. The van der Waals surface area contributed by atoms with E-state index in [0.717, 1.165) is 25.1 Å². The minimum Gasteiger partial charge on any atom is -0.480 e. The zero-order valence-electron chi connectivity index (χ0n) is 17.5. The van der Waals surface area contributed by atoms with Crippen molar-refractivity contribution in [1.29, 1.82) is 0 Å². The molecule has 0 bridgehead atoms. The lowest BCUT2D eigenvalue weighted by atomic mass is 10.2. The highest BCUT2D eigenvalue weighted by Gasteiger charge is 2.33. The van der Waals surface area contributed by atoms with Gasteiger partial charge >= 0.3 is 18.3 Å². The average Bonchev–Trinajstić information content (AvgIpc) is 3.07. The third kappa shape index (κ3) is 6.36. The summed E-state index contributed by atoms with van der Waals surface area (Å²) in [6.07, 6.45) is -8.94. The summed E-state index contributed by atoms with van der Waals surface area (Å²) >= 11 is 6.65. The number of alkyl halides is 6. The predicted octanol–water partition coefficient (Wildman–Crippen LogP) is 5.25. The molecule has 2 heterocycles. The maximum atomic E-state index is 13.2. The van der Waals surface area contributed by atoms with Gasteiger partial charge in [-0.05, 0) is 42.4 Å². The first-order valence-corrected chi connectivity index (χ1v) is 10.8. The van der Waals surface area contributed by atoms with Crippen molar-refractivity contribution in [2.45, 2.75) is 48.5 Å². The van der Waals surface area contributed by atoms with E-state index in [1.807, 2.05) is 0 Å². The zero-order valence-corrected chi connectivity index (χ0v) is 19.1. The number of imidazole rings is 1. The maximum Gasteiger partial charge on any atom is 0.417 e. The fourth-order valence-corrected chi connectivity index (χ4v) is 4.24. The van der Waals surface area contributed by atoms with E-state index in [2.05, 4.69) is 15.3 Å². The molecule has 0 aliphatic rings. The van der Waals surface area contributed by atoms with Crippen molar-refractivity contribution in [3.63, 3.8) is 0 Å². The van der Waals surface area contributed by atoms with Gasteiger partial charge in [-0.3, -0.25) is 4.79 Å². The van der Waals surface area contributed by atoms with E-state index in [1.54, 1.807) is 0 Å². The fraction of sp³-hybridized carbons (Fsp3) is 0.300. The lowest BCUT2D eigenvalue weighted by molar-refractivity contribution is -0.141. The monoisotopic (exact) mass is 540 g/mol. The molecule has 1 amide bonds. The molecule has 15 heteroatoms. The summed E-state index contributed by atoms with van der Waals surface area (Å²) in [6, 6.07) is 2.11. The second kappa shape index (κ2) is 9.93. The number of hydrogen-bond donors (Lipinski definition) is 2. The van der Waals surface area contributed by atoms with E-state index < -0.39 is 41.4 Å². The Balaban J connectivity index is 2.03. The second-order valence-corrected chi connectivity index (χ2v) is 8.60. The normalized spacial score (nSPS) is 13.1. The number of halogens is 7. The van der Waals surface area contributed by atoms with Crippen LogP contribution in [0.3, 0.4) is 0 Å². The van der Waals surface area contributed by atoms with Crippen LogP contribution in [-0.2, 0) is 28.5 Å². The van der Waals surface area contributed by atoms with E-state index in [0.29, 0.717) is 24.0 Å². The van der Waals surface area contributed by atoms with Crippen molar-refractivity contribution < 1.29 is 41.0 Å². The van der Waals surface area contributed by atoms with Crippen molar-refractivity contribution in [3.05, 3.63) is 46.6 Å². The summed E-state index contributed by atoms with van der Waals surface area (Å²) in [5.74, 6) is -1.93. The Morgan fingerprint density at radius 2 is 1.80 bits per heavy atom. The van der Waals surface area contributed by atoms with Crippen molar-refractivity contribution >= 4 is 46.3 Å². The molecule has 0 unspecified atom stereocenters. The van der Waals surface area contributed by atoms with E-state index in [-0.39, 0.29) is 39.2 Å². The predicted molar refractivity (Wildman–Crippen MR) is 113 cm³/mol. The van der Waals surface area contributed by atoms with Gasteiger partial charge in [0.15, 0.2) is 5.16 Å². The molecule has 0 fully saturated rings. The van der Waals surface area contributed by atoms with Gasteiger partial charge in [-0.15, -0.1) is 0 Å². The molecule has 1 aromatic carbocycles. The molecule has 0 radical (unpaired) electrons. The second-order valence-electron chi connectivity index (χ2n) is 7.24. The molecule has 7 nitrogen and oxygen atoms in total. The van der Waals surface area contributed by atoms with Crippen molar-refractivity contribution in [2.24, 2.45) is 0 Å². The van der Waals surface area contributed by atoms with E-state index in [1.165, 1.54) is 4.57 Å². The van der Waals surface area contributed by atoms with E-state index >= 15 is 0 Å².